The van der Waals surface area contributed by atoms with Gasteiger partial charge >= 0.3 is 0 Å². The summed E-state index contributed by atoms with van der Waals surface area (Å²) in [7, 11) is -5.26. The number of rotatable bonds is 5. The van der Waals surface area contributed by atoms with E-state index < -0.39 is 18.0 Å². The number of hydrogen-bond acceptors (Lipinski definition) is 4. The highest BCUT2D eigenvalue weighted by molar-refractivity contribution is 7.85. The van der Waals surface area contributed by atoms with Crippen molar-refractivity contribution in [2.24, 2.45) is 0 Å². The molecule has 4 aromatic carbocycles. The largest absolute Gasteiger partial charge is 0.744 e. The van der Waals surface area contributed by atoms with E-state index in [0.29, 0.717) is 0 Å². The van der Waals surface area contributed by atoms with Gasteiger partial charge in [-0.3, -0.25) is 0 Å². The first-order valence-corrected chi connectivity index (χ1v) is 14.2. The second kappa shape index (κ2) is 11.6. The number of aryl methyl sites for hydroxylation is 1. The highest BCUT2D eigenvalue weighted by Gasteiger charge is 2.25. The summed E-state index contributed by atoms with van der Waals surface area (Å²) in [4.78, 5) is -0.178. The quantitative estimate of drug-likeness (QED) is 0.274. The topological polar surface area (TPSA) is 66.4 Å². The van der Waals surface area contributed by atoms with Gasteiger partial charge in [-0.2, -0.15) is 0 Å². The summed E-state index contributed by atoms with van der Waals surface area (Å²) >= 11 is 0. The van der Waals surface area contributed by atoms with Gasteiger partial charge in [0, 0.05) is 0 Å². The molecule has 0 aliphatic heterocycles. The van der Waals surface area contributed by atoms with E-state index in [0.717, 1.165) is 11.3 Å². The molecule has 0 aliphatic carbocycles. The Balaban J connectivity index is 0.000000261. The average molecular weight is 507 g/mol. The van der Waals surface area contributed by atoms with Crippen LogP contribution in [0.5, 0.6) is 5.75 Å². The minimum Gasteiger partial charge on any atom is -0.744 e. The van der Waals surface area contributed by atoms with Gasteiger partial charge in [0.2, 0.25) is 0 Å². The van der Waals surface area contributed by atoms with Crippen molar-refractivity contribution in [3.05, 3.63) is 115 Å². The molecular formula is C29H31O4PS. The molecule has 0 atom stereocenters. The van der Waals surface area contributed by atoms with Crippen molar-refractivity contribution >= 4 is 34.0 Å². The van der Waals surface area contributed by atoms with Crippen LogP contribution in [0.2, 0.25) is 0 Å². The van der Waals surface area contributed by atoms with Gasteiger partial charge in [0.25, 0.3) is 0 Å². The molecule has 6 heteroatoms. The molecule has 0 aromatic heterocycles. The smallest absolute Gasteiger partial charge is 0.124 e. The number of ether oxygens (including phenoxy) is 1. The maximum absolute atomic E-state index is 10.4. The predicted octanol–water partition coefficient (Wildman–Crippen LogP) is 5.25. The van der Waals surface area contributed by atoms with Crippen LogP contribution in [0.4, 0.5) is 0 Å². The van der Waals surface area contributed by atoms with Crippen molar-refractivity contribution in [3.63, 3.8) is 0 Å². The Bertz CT molecular complexity index is 1260. The van der Waals surface area contributed by atoms with E-state index in [1.807, 2.05) is 6.92 Å². The second-order valence-electron chi connectivity index (χ2n) is 9.11. The van der Waals surface area contributed by atoms with Gasteiger partial charge in [0.05, 0.1) is 12.8 Å². The van der Waals surface area contributed by atoms with Crippen molar-refractivity contribution in [1.82, 2.24) is 0 Å². The lowest BCUT2D eigenvalue weighted by Gasteiger charge is -2.21. The maximum atomic E-state index is 10.4. The van der Waals surface area contributed by atoms with Crippen LogP contribution in [-0.2, 0) is 10.1 Å². The van der Waals surface area contributed by atoms with Crippen LogP contribution in [0.3, 0.4) is 0 Å². The molecule has 4 nitrogen and oxygen atoms in total. The van der Waals surface area contributed by atoms with E-state index in [9.17, 15) is 13.0 Å². The molecule has 0 radical (unpaired) electrons. The molecule has 0 spiro atoms. The third kappa shape index (κ3) is 8.32. The van der Waals surface area contributed by atoms with Crippen LogP contribution < -0.4 is 20.7 Å². The minimum atomic E-state index is -4.27. The van der Waals surface area contributed by atoms with Gasteiger partial charge in [-0.15, -0.1) is 0 Å². The zero-order chi connectivity index (χ0) is 25.5. The van der Waals surface area contributed by atoms with E-state index in [4.69, 9.17) is 4.74 Å². The molecule has 0 saturated carbocycles. The summed E-state index contributed by atoms with van der Waals surface area (Å²) in [5.41, 5.74) is 0.756. The van der Waals surface area contributed by atoms with E-state index >= 15 is 0 Å². The zero-order valence-electron chi connectivity index (χ0n) is 20.4. The van der Waals surface area contributed by atoms with E-state index in [1.54, 1.807) is 12.1 Å². The molecule has 182 valence electrons. The Morgan fingerprint density at radius 2 is 1.09 bits per heavy atom. The Hall–Kier alpha value is -2.98. The Labute approximate surface area is 210 Å². The van der Waals surface area contributed by atoms with Crippen molar-refractivity contribution in [2.75, 3.05) is 0 Å². The summed E-state index contributed by atoms with van der Waals surface area (Å²) in [6, 6.07) is 36.0. The van der Waals surface area contributed by atoms with Crippen molar-refractivity contribution in [1.29, 1.82) is 0 Å². The normalized spacial score (nSPS) is 11.5. The van der Waals surface area contributed by atoms with Crippen LogP contribution in [0, 0.1) is 6.92 Å². The van der Waals surface area contributed by atoms with Gasteiger partial charge in [-0.25, -0.2) is 8.42 Å². The highest BCUT2D eigenvalue weighted by atomic mass is 32.2. The van der Waals surface area contributed by atoms with E-state index in [2.05, 4.69) is 106 Å². The van der Waals surface area contributed by atoms with E-state index in [-0.39, 0.29) is 10.5 Å². The van der Waals surface area contributed by atoms with Gasteiger partial charge in [-0.05, 0) is 88.4 Å². The fourth-order valence-electron chi connectivity index (χ4n) is 3.46. The molecule has 0 N–H and O–H groups in total. The van der Waals surface area contributed by atoms with Crippen molar-refractivity contribution in [2.45, 2.75) is 38.2 Å². The summed E-state index contributed by atoms with van der Waals surface area (Å²) in [6.07, 6.45) is 0. The lowest BCUT2D eigenvalue weighted by atomic mass is 10.2. The SMILES string of the molecule is CC(C)(C)Oc1ccc([PH+](c2ccccc2)c2ccccc2)cc1.Cc1ccc(S(=O)(=O)[O-])cc1. The third-order valence-corrected chi connectivity index (χ3v) is 8.58. The van der Waals surface area contributed by atoms with Gasteiger partial charge < -0.3 is 9.29 Å². The monoisotopic (exact) mass is 506 g/mol. The standard InChI is InChI=1S/C22H23OP.C7H8O3S/c1-22(2,3)23-18-14-16-21(17-15-18)24(19-10-6-4-7-11-19)20-12-8-5-9-13-20;1-6-2-4-7(5-3-6)11(8,9)10/h4-17H,1-3H3;2-5H,1H3,(H,8,9,10). The predicted molar refractivity (Wildman–Crippen MR) is 146 cm³/mol. The molecule has 0 heterocycles. The fraction of sp³-hybridized carbons (Fsp3) is 0.172. The fourth-order valence-corrected chi connectivity index (χ4v) is 6.48. The van der Waals surface area contributed by atoms with Crippen LogP contribution >= 0.6 is 7.92 Å². The molecule has 0 amide bonds. The molecule has 0 saturated heterocycles. The summed E-state index contributed by atoms with van der Waals surface area (Å²) < 4.78 is 37.1. The minimum absolute atomic E-state index is 0.172. The first kappa shape index (κ1) is 26.6. The molecule has 0 aliphatic rings. The van der Waals surface area contributed by atoms with E-state index in [1.165, 1.54) is 28.0 Å². The Kier molecular flexibility index (Phi) is 8.85. The molecule has 4 rings (SSSR count). The summed E-state index contributed by atoms with van der Waals surface area (Å²) in [5.74, 6) is 0.925. The number of hydrogen-bond donors (Lipinski definition) is 0. The lowest BCUT2D eigenvalue weighted by molar-refractivity contribution is 0.131. The van der Waals surface area contributed by atoms with Crippen LogP contribution in [0.15, 0.2) is 114 Å². The van der Waals surface area contributed by atoms with Crippen molar-refractivity contribution in [3.8, 4) is 5.75 Å². The number of benzene rings is 4. The van der Waals surface area contributed by atoms with Crippen LogP contribution in [0.1, 0.15) is 26.3 Å². The first-order chi connectivity index (χ1) is 16.5. The molecule has 0 unspecified atom stereocenters. The lowest BCUT2D eigenvalue weighted by Crippen LogP contribution is -2.23. The van der Waals surface area contributed by atoms with Gasteiger partial charge in [-0.1, -0.05) is 54.1 Å². The third-order valence-electron chi connectivity index (χ3n) is 5.00. The molecule has 35 heavy (non-hydrogen) atoms. The second-order valence-corrected chi connectivity index (χ2v) is 13.0. The molecule has 4 aromatic rings. The Morgan fingerprint density at radius 3 is 1.49 bits per heavy atom. The first-order valence-electron chi connectivity index (χ1n) is 11.3. The summed E-state index contributed by atoms with van der Waals surface area (Å²) in [5, 5.41) is 4.18. The molecule has 0 bridgehead atoms. The van der Waals surface area contributed by atoms with Crippen molar-refractivity contribution < 1.29 is 17.7 Å². The zero-order valence-corrected chi connectivity index (χ0v) is 22.3. The Morgan fingerprint density at radius 1 is 0.657 bits per heavy atom. The molecule has 0 fully saturated rings. The average Bonchev–Trinajstić information content (AvgIpc) is 2.81. The van der Waals surface area contributed by atoms with Crippen LogP contribution in [-0.4, -0.2) is 18.6 Å². The summed E-state index contributed by atoms with van der Waals surface area (Å²) in [6.45, 7) is 8.04. The van der Waals surface area contributed by atoms with Gasteiger partial charge in [0.1, 0.15) is 37.4 Å². The maximum Gasteiger partial charge on any atom is 0.124 e. The van der Waals surface area contributed by atoms with Gasteiger partial charge in [0.15, 0.2) is 0 Å². The molecular weight excluding hydrogens is 475 g/mol. The van der Waals surface area contributed by atoms with Crippen LogP contribution in [0.25, 0.3) is 0 Å². The highest BCUT2D eigenvalue weighted by Crippen LogP contribution is 2.33.